The van der Waals surface area contributed by atoms with Crippen molar-refractivity contribution in [2.45, 2.75) is 18.7 Å². The van der Waals surface area contributed by atoms with Crippen LogP contribution < -0.4 is 0 Å². The highest BCUT2D eigenvalue weighted by molar-refractivity contribution is 5.34. The standard InChI is InChI=1S/C14H11F4NO/c1-13(20,12-7-6-11(15)8-19-12)9-2-4-10(5-3-9)14(16,17)18/h2-8,20H,1H3. The molecule has 0 aliphatic heterocycles. The second-order valence-electron chi connectivity index (χ2n) is 4.51. The van der Waals surface area contributed by atoms with E-state index in [1.807, 2.05) is 0 Å². The molecule has 20 heavy (non-hydrogen) atoms. The van der Waals surface area contributed by atoms with E-state index in [0.29, 0.717) is 0 Å². The fourth-order valence-electron chi connectivity index (χ4n) is 1.80. The van der Waals surface area contributed by atoms with Crippen molar-refractivity contribution in [1.29, 1.82) is 0 Å². The molecule has 0 bridgehead atoms. The summed E-state index contributed by atoms with van der Waals surface area (Å²) < 4.78 is 50.2. The Kier molecular flexibility index (Phi) is 3.52. The Bertz CT molecular complexity index is 588. The lowest BCUT2D eigenvalue weighted by atomic mass is 9.91. The fourth-order valence-corrected chi connectivity index (χ4v) is 1.80. The zero-order chi connectivity index (χ0) is 15.0. The van der Waals surface area contributed by atoms with Crippen molar-refractivity contribution in [3.63, 3.8) is 0 Å². The van der Waals surface area contributed by atoms with Crippen LogP contribution in [0.25, 0.3) is 0 Å². The Hall–Kier alpha value is -1.95. The van der Waals surface area contributed by atoms with Crippen molar-refractivity contribution in [3.8, 4) is 0 Å². The third kappa shape index (κ3) is 2.80. The van der Waals surface area contributed by atoms with Gasteiger partial charge in [-0.3, -0.25) is 4.98 Å². The molecule has 1 N–H and O–H groups in total. The maximum absolute atomic E-state index is 12.8. The minimum atomic E-state index is -4.43. The van der Waals surface area contributed by atoms with Crippen molar-refractivity contribution < 1.29 is 22.7 Å². The molecule has 106 valence electrons. The molecule has 1 atom stereocenters. The molecule has 0 spiro atoms. The Morgan fingerprint density at radius 1 is 0.950 bits per heavy atom. The maximum atomic E-state index is 12.8. The number of aliphatic hydroxyl groups is 1. The number of hydrogen-bond donors (Lipinski definition) is 1. The molecule has 1 heterocycles. The maximum Gasteiger partial charge on any atom is 0.416 e. The van der Waals surface area contributed by atoms with E-state index in [1.54, 1.807) is 0 Å². The van der Waals surface area contributed by atoms with Gasteiger partial charge in [-0.05, 0) is 36.8 Å². The highest BCUT2D eigenvalue weighted by atomic mass is 19.4. The van der Waals surface area contributed by atoms with Gasteiger partial charge in [-0.1, -0.05) is 12.1 Å². The van der Waals surface area contributed by atoms with E-state index >= 15 is 0 Å². The van der Waals surface area contributed by atoms with Crippen molar-refractivity contribution >= 4 is 0 Å². The lowest BCUT2D eigenvalue weighted by Crippen LogP contribution is -2.24. The van der Waals surface area contributed by atoms with E-state index < -0.39 is 23.2 Å². The molecule has 0 aliphatic rings. The van der Waals surface area contributed by atoms with Crippen molar-refractivity contribution in [2.75, 3.05) is 0 Å². The van der Waals surface area contributed by atoms with Gasteiger partial charge >= 0.3 is 6.18 Å². The average Bonchev–Trinajstić information content (AvgIpc) is 2.38. The summed E-state index contributed by atoms with van der Waals surface area (Å²) in [5, 5.41) is 10.4. The molecule has 0 saturated carbocycles. The molecule has 0 radical (unpaired) electrons. The van der Waals surface area contributed by atoms with Crippen LogP contribution in [0.3, 0.4) is 0 Å². The van der Waals surface area contributed by atoms with E-state index in [-0.39, 0.29) is 11.3 Å². The third-order valence-corrected chi connectivity index (χ3v) is 3.00. The molecule has 2 rings (SSSR count). The Morgan fingerprint density at radius 2 is 1.50 bits per heavy atom. The molecule has 0 saturated heterocycles. The summed E-state index contributed by atoms with van der Waals surface area (Å²) in [4.78, 5) is 3.75. The SMILES string of the molecule is CC(O)(c1ccc(C(F)(F)F)cc1)c1ccc(F)cn1. The minimum Gasteiger partial charge on any atom is -0.379 e. The summed E-state index contributed by atoms with van der Waals surface area (Å²) in [5.74, 6) is -0.558. The predicted molar refractivity (Wildman–Crippen MR) is 64.3 cm³/mol. The van der Waals surface area contributed by atoms with Gasteiger partial charge in [0.1, 0.15) is 11.4 Å². The van der Waals surface area contributed by atoms with E-state index in [1.165, 1.54) is 25.1 Å². The van der Waals surface area contributed by atoms with Crippen LogP contribution in [0.15, 0.2) is 42.6 Å². The van der Waals surface area contributed by atoms with E-state index in [9.17, 15) is 22.7 Å². The first-order chi connectivity index (χ1) is 9.21. The van der Waals surface area contributed by atoms with Crippen LogP contribution in [0, 0.1) is 5.82 Å². The van der Waals surface area contributed by atoms with Crippen LogP contribution >= 0.6 is 0 Å². The number of benzene rings is 1. The van der Waals surface area contributed by atoms with Gasteiger partial charge in [0.25, 0.3) is 0 Å². The first-order valence-electron chi connectivity index (χ1n) is 5.73. The molecule has 2 nitrogen and oxygen atoms in total. The Balaban J connectivity index is 2.37. The van der Waals surface area contributed by atoms with Crippen LogP contribution in [0.1, 0.15) is 23.7 Å². The summed E-state index contributed by atoms with van der Waals surface area (Å²) >= 11 is 0. The quantitative estimate of drug-likeness (QED) is 0.857. The van der Waals surface area contributed by atoms with Crippen molar-refractivity contribution in [3.05, 3.63) is 65.2 Å². The highest BCUT2D eigenvalue weighted by Gasteiger charge is 2.32. The molecular formula is C14H11F4NO. The summed E-state index contributed by atoms with van der Waals surface area (Å²) in [6.07, 6.45) is -3.49. The number of pyridine rings is 1. The molecule has 0 fully saturated rings. The number of rotatable bonds is 2. The molecule has 1 aromatic heterocycles. The molecule has 0 aliphatic carbocycles. The highest BCUT2D eigenvalue weighted by Crippen LogP contribution is 2.32. The number of hydrogen-bond acceptors (Lipinski definition) is 2. The van der Waals surface area contributed by atoms with Crippen LogP contribution in [0.4, 0.5) is 17.6 Å². The predicted octanol–water partition coefficient (Wildman–Crippen LogP) is 3.50. The first-order valence-corrected chi connectivity index (χ1v) is 5.73. The van der Waals surface area contributed by atoms with Crippen LogP contribution in [0.5, 0.6) is 0 Å². The van der Waals surface area contributed by atoms with Gasteiger partial charge in [0.05, 0.1) is 17.5 Å². The normalized spacial score (nSPS) is 14.9. The van der Waals surface area contributed by atoms with Crippen molar-refractivity contribution in [1.82, 2.24) is 4.98 Å². The van der Waals surface area contributed by atoms with Gasteiger partial charge in [-0.2, -0.15) is 13.2 Å². The molecule has 1 unspecified atom stereocenters. The van der Waals surface area contributed by atoms with E-state index in [0.717, 1.165) is 24.4 Å². The fraction of sp³-hybridized carbons (Fsp3) is 0.214. The number of nitrogens with zero attached hydrogens (tertiary/aromatic N) is 1. The van der Waals surface area contributed by atoms with Gasteiger partial charge < -0.3 is 5.11 Å². The van der Waals surface area contributed by atoms with Crippen molar-refractivity contribution in [2.24, 2.45) is 0 Å². The Morgan fingerprint density at radius 3 is 1.95 bits per heavy atom. The topological polar surface area (TPSA) is 33.1 Å². The first kappa shape index (κ1) is 14.5. The smallest absolute Gasteiger partial charge is 0.379 e. The van der Waals surface area contributed by atoms with Crippen LogP contribution in [0.2, 0.25) is 0 Å². The lowest BCUT2D eigenvalue weighted by molar-refractivity contribution is -0.137. The monoisotopic (exact) mass is 285 g/mol. The van der Waals surface area contributed by atoms with Crippen LogP contribution in [-0.4, -0.2) is 10.1 Å². The summed E-state index contributed by atoms with van der Waals surface area (Å²) in [6, 6.07) is 6.52. The van der Waals surface area contributed by atoms with Gasteiger partial charge in [0, 0.05) is 0 Å². The van der Waals surface area contributed by atoms with Crippen LogP contribution in [-0.2, 0) is 11.8 Å². The zero-order valence-electron chi connectivity index (χ0n) is 10.4. The number of aromatic nitrogens is 1. The number of alkyl halides is 3. The summed E-state index contributed by atoms with van der Waals surface area (Å²) in [7, 11) is 0. The second kappa shape index (κ2) is 4.86. The van der Waals surface area contributed by atoms with Gasteiger partial charge in [-0.15, -0.1) is 0 Å². The Labute approximate surface area is 112 Å². The second-order valence-corrected chi connectivity index (χ2v) is 4.51. The molecule has 2 aromatic rings. The zero-order valence-corrected chi connectivity index (χ0v) is 10.4. The van der Waals surface area contributed by atoms with Gasteiger partial charge in [0.15, 0.2) is 0 Å². The van der Waals surface area contributed by atoms with E-state index in [4.69, 9.17) is 0 Å². The lowest BCUT2D eigenvalue weighted by Gasteiger charge is -2.23. The third-order valence-electron chi connectivity index (χ3n) is 3.00. The number of halogens is 4. The molecule has 0 amide bonds. The average molecular weight is 285 g/mol. The summed E-state index contributed by atoms with van der Waals surface area (Å²) in [5.41, 5.74) is -2.01. The van der Waals surface area contributed by atoms with Gasteiger partial charge in [-0.25, -0.2) is 4.39 Å². The largest absolute Gasteiger partial charge is 0.416 e. The molecule has 1 aromatic carbocycles. The van der Waals surface area contributed by atoms with Gasteiger partial charge in [0.2, 0.25) is 0 Å². The van der Waals surface area contributed by atoms with E-state index in [2.05, 4.69) is 4.98 Å². The minimum absolute atomic E-state index is 0.152. The molecular weight excluding hydrogens is 274 g/mol. The summed E-state index contributed by atoms with van der Waals surface area (Å²) in [6.45, 7) is 1.38. The molecule has 6 heteroatoms.